The van der Waals surface area contributed by atoms with Gasteiger partial charge in [-0.1, -0.05) is 43.2 Å². The lowest BCUT2D eigenvalue weighted by Gasteiger charge is -2.33. The van der Waals surface area contributed by atoms with E-state index in [0.717, 1.165) is 36.9 Å². The first-order valence-electron chi connectivity index (χ1n) is 9.88. The summed E-state index contributed by atoms with van der Waals surface area (Å²) in [4.78, 5) is 28.9. The first-order chi connectivity index (χ1) is 13.7. The van der Waals surface area contributed by atoms with Crippen molar-refractivity contribution in [2.75, 3.05) is 13.2 Å². The van der Waals surface area contributed by atoms with Crippen molar-refractivity contribution in [3.8, 4) is 11.3 Å². The minimum atomic E-state index is -0.439. The number of rotatable bonds is 6. The molecule has 0 saturated heterocycles. The number of esters is 1. The van der Waals surface area contributed by atoms with Gasteiger partial charge in [-0.05, 0) is 26.7 Å². The second-order valence-electron chi connectivity index (χ2n) is 6.76. The fourth-order valence-electron chi connectivity index (χ4n) is 3.78. The second kappa shape index (κ2) is 9.39. The maximum absolute atomic E-state index is 12.5. The van der Waals surface area contributed by atoms with Gasteiger partial charge in [-0.25, -0.2) is 14.6 Å². The zero-order valence-electron chi connectivity index (χ0n) is 16.4. The third-order valence-electron chi connectivity index (χ3n) is 4.98. The summed E-state index contributed by atoms with van der Waals surface area (Å²) in [5.41, 5.74) is 1.92. The quantitative estimate of drug-likeness (QED) is 0.761. The molecule has 1 aliphatic carbocycles. The predicted octanol–water partition coefficient (Wildman–Crippen LogP) is 3.96. The summed E-state index contributed by atoms with van der Waals surface area (Å²) < 4.78 is 12.3. The Hall–Kier alpha value is -2.83. The molecule has 0 radical (unpaired) electrons. The average Bonchev–Trinajstić information content (AvgIpc) is 3.14. The topological polar surface area (TPSA) is 82.5 Å². The largest absolute Gasteiger partial charge is 0.461 e. The molecule has 1 N–H and O–H groups in total. The summed E-state index contributed by atoms with van der Waals surface area (Å²) in [5.74, 6) is -0.439. The van der Waals surface area contributed by atoms with Crippen molar-refractivity contribution in [3.05, 3.63) is 42.4 Å². The van der Waals surface area contributed by atoms with Gasteiger partial charge in [0.25, 0.3) is 0 Å². The van der Waals surface area contributed by atoms with Gasteiger partial charge in [0, 0.05) is 5.56 Å². The van der Waals surface area contributed by atoms with Gasteiger partial charge in [0.15, 0.2) is 5.69 Å². The molecule has 7 nitrogen and oxygen atoms in total. The van der Waals surface area contributed by atoms with E-state index < -0.39 is 12.1 Å². The highest BCUT2D eigenvalue weighted by atomic mass is 16.5. The van der Waals surface area contributed by atoms with Gasteiger partial charge < -0.3 is 19.4 Å². The van der Waals surface area contributed by atoms with E-state index in [0.29, 0.717) is 12.3 Å². The van der Waals surface area contributed by atoms with Crippen LogP contribution in [0.3, 0.4) is 0 Å². The van der Waals surface area contributed by atoms with Crippen molar-refractivity contribution in [2.24, 2.45) is 0 Å². The summed E-state index contributed by atoms with van der Waals surface area (Å²) in [5, 5.41) is 2.98. The van der Waals surface area contributed by atoms with E-state index in [-0.39, 0.29) is 18.7 Å². The number of benzene rings is 1. The molecule has 0 aliphatic heterocycles. The van der Waals surface area contributed by atoms with Gasteiger partial charge in [0.1, 0.15) is 0 Å². The minimum Gasteiger partial charge on any atom is -0.461 e. The number of aromatic nitrogens is 2. The SMILES string of the molecule is CCOC(=O)N[C@@H]1CCCC[C@@H]1n1cnc(C(=O)OCC)c1-c1ccccc1. The van der Waals surface area contributed by atoms with Crippen molar-refractivity contribution in [2.45, 2.75) is 51.6 Å². The summed E-state index contributed by atoms with van der Waals surface area (Å²) in [6.45, 7) is 4.18. The lowest BCUT2D eigenvalue weighted by atomic mass is 9.89. The van der Waals surface area contributed by atoms with Gasteiger partial charge >= 0.3 is 12.1 Å². The molecule has 2 aromatic rings. The van der Waals surface area contributed by atoms with Crippen LogP contribution in [-0.4, -0.2) is 40.9 Å². The zero-order valence-corrected chi connectivity index (χ0v) is 16.4. The first kappa shape index (κ1) is 19.9. The van der Waals surface area contributed by atoms with Crippen molar-refractivity contribution in [1.29, 1.82) is 0 Å². The smallest absolute Gasteiger partial charge is 0.407 e. The number of ether oxygens (including phenoxy) is 2. The van der Waals surface area contributed by atoms with E-state index in [1.807, 2.05) is 34.9 Å². The highest BCUT2D eigenvalue weighted by molar-refractivity contribution is 5.94. The molecule has 0 bridgehead atoms. The number of hydrogen-bond donors (Lipinski definition) is 1. The Morgan fingerprint density at radius 1 is 1.11 bits per heavy atom. The van der Waals surface area contributed by atoms with Gasteiger partial charge in [-0.15, -0.1) is 0 Å². The van der Waals surface area contributed by atoms with Crippen LogP contribution in [0.5, 0.6) is 0 Å². The molecule has 150 valence electrons. The van der Waals surface area contributed by atoms with Gasteiger partial charge in [-0.2, -0.15) is 0 Å². The van der Waals surface area contributed by atoms with Crippen LogP contribution in [0.15, 0.2) is 36.7 Å². The van der Waals surface area contributed by atoms with Crippen molar-refractivity contribution >= 4 is 12.1 Å². The van der Waals surface area contributed by atoms with E-state index in [1.54, 1.807) is 20.2 Å². The molecule has 0 spiro atoms. The molecular weight excluding hydrogens is 358 g/mol. The van der Waals surface area contributed by atoms with Gasteiger partial charge in [-0.3, -0.25) is 0 Å². The third kappa shape index (κ3) is 4.35. The maximum atomic E-state index is 12.5. The van der Waals surface area contributed by atoms with Crippen molar-refractivity contribution in [1.82, 2.24) is 14.9 Å². The number of alkyl carbamates (subject to hydrolysis) is 1. The van der Waals surface area contributed by atoms with E-state index >= 15 is 0 Å². The third-order valence-corrected chi connectivity index (χ3v) is 4.98. The predicted molar refractivity (Wildman–Crippen MR) is 105 cm³/mol. The van der Waals surface area contributed by atoms with Crippen LogP contribution in [0.2, 0.25) is 0 Å². The molecule has 7 heteroatoms. The van der Waals surface area contributed by atoms with E-state index in [9.17, 15) is 9.59 Å². The standard InChI is InChI=1S/C21H27N3O4/c1-3-27-20(25)18-19(15-10-6-5-7-11-15)24(14-22-18)17-13-9-8-12-16(17)23-21(26)28-4-2/h5-7,10-11,14,16-17H,3-4,8-9,12-13H2,1-2H3,(H,23,26)/t16-,17+/m1/s1. The van der Waals surface area contributed by atoms with Crippen molar-refractivity contribution < 1.29 is 19.1 Å². The molecule has 1 saturated carbocycles. The number of hydrogen-bond acceptors (Lipinski definition) is 5. The number of amides is 1. The van der Waals surface area contributed by atoms with Crippen LogP contribution in [0, 0.1) is 0 Å². The normalized spacial score (nSPS) is 19.1. The molecule has 1 aromatic carbocycles. The molecule has 0 unspecified atom stereocenters. The Balaban J connectivity index is 1.99. The number of carbonyl (C=O) groups is 2. The molecule has 1 fully saturated rings. The van der Waals surface area contributed by atoms with E-state index in [2.05, 4.69) is 10.3 Å². The number of imidazole rings is 1. The van der Waals surface area contributed by atoms with Crippen LogP contribution in [-0.2, 0) is 9.47 Å². The highest BCUT2D eigenvalue weighted by Crippen LogP contribution is 2.34. The van der Waals surface area contributed by atoms with Crippen LogP contribution in [0.25, 0.3) is 11.3 Å². The Morgan fingerprint density at radius 3 is 2.54 bits per heavy atom. The maximum Gasteiger partial charge on any atom is 0.407 e. The van der Waals surface area contributed by atoms with Gasteiger partial charge in [0.2, 0.25) is 0 Å². The molecule has 1 heterocycles. The summed E-state index contributed by atoms with van der Waals surface area (Å²) in [6.07, 6.45) is 5.09. The van der Waals surface area contributed by atoms with E-state index in [1.165, 1.54) is 0 Å². The highest BCUT2D eigenvalue weighted by Gasteiger charge is 2.32. The van der Waals surface area contributed by atoms with Crippen LogP contribution in [0.4, 0.5) is 4.79 Å². The Morgan fingerprint density at radius 2 is 1.82 bits per heavy atom. The summed E-state index contributed by atoms with van der Waals surface area (Å²) >= 11 is 0. The summed E-state index contributed by atoms with van der Waals surface area (Å²) in [7, 11) is 0. The van der Waals surface area contributed by atoms with Crippen LogP contribution >= 0.6 is 0 Å². The summed E-state index contributed by atoms with van der Waals surface area (Å²) in [6, 6.07) is 9.59. The second-order valence-corrected chi connectivity index (χ2v) is 6.76. The van der Waals surface area contributed by atoms with E-state index in [4.69, 9.17) is 9.47 Å². The lowest BCUT2D eigenvalue weighted by Crippen LogP contribution is -2.43. The Kier molecular flexibility index (Phi) is 6.68. The first-order valence-corrected chi connectivity index (χ1v) is 9.88. The lowest BCUT2D eigenvalue weighted by molar-refractivity contribution is 0.0520. The molecular formula is C21H27N3O4. The Labute approximate surface area is 165 Å². The van der Waals surface area contributed by atoms with Crippen LogP contribution < -0.4 is 5.32 Å². The Bertz CT molecular complexity index is 803. The number of carbonyl (C=O) groups excluding carboxylic acids is 2. The van der Waals surface area contributed by atoms with Crippen LogP contribution in [0.1, 0.15) is 56.1 Å². The molecule has 1 aliphatic rings. The molecule has 1 amide bonds. The fourth-order valence-corrected chi connectivity index (χ4v) is 3.78. The van der Waals surface area contributed by atoms with Gasteiger partial charge in [0.05, 0.1) is 37.3 Å². The molecule has 1 aromatic heterocycles. The molecule has 3 rings (SSSR count). The molecule has 2 atom stereocenters. The average molecular weight is 385 g/mol. The zero-order chi connectivity index (χ0) is 19.9. The van der Waals surface area contributed by atoms with Crippen molar-refractivity contribution in [3.63, 3.8) is 0 Å². The fraction of sp³-hybridized carbons (Fsp3) is 0.476. The number of nitrogens with one attached hydrogen (secondary N) is 1. The number of nitrogens with zero attached hydrogens (tertiary/aromatic N) is 2. The minimum absolute atomic E-state index is 0.0101. The molecule has 28 heavy (non-hydrogen) atoms. The monoisotopic (exact) mass is 385 g/mol.